The van der Waals surface area contributed by atoms with Gasteiger partial charge >= 0.3 is 0 Å². The zero-order valence-corrected chi connectivity index (χ0v) is 14.3. The fraction of sp³-hybridized carbons (Fsp3) is 0.941. The van der Waals surface area contributed by atoms with Crippen molar-refractivity contribution in [3.63, 3.8) is 0 Å². The van der Waals surface area contributed by atoms with E-state index in [9.17, 15) is 4.79 Å². The number of nitrogens with zero attached hydrogens (tertiary/aromatic N) is 2. The molecule has 21 heavy (non-hydrogen) atoms. The van der Waals surface area contributed by atoms with Gasteiger partial charge in [-0.15, -0.1) is 0 Å². The van der Waals surface area contributed by atoms with Gasteiger partial charge in [0.2, 0.25) is 5.91 Å². The lowest BCUT2D eigenvalue weighted by Crippen LogP contribution is -2.50. The summed E-state index contributed by atoms with van der Waals surface area (Å²) in [5.41, 5.74) is 0. The second-order valence-electron chi connectivity index (χ2n) is 7.35. The molecule has 2 fully saturated rings. The van der Waals surface area contributed by atoms with Crippen LogP contribution in [0.25, 0.3) is 0 Å². The molecule has 0 bridgehead atoms. The summed E-state index contributed by atoms with van der Waals surface area (Å²) in [6.45, 7) is 10.7. The second-order valence-corrected chi connectivity index (χ2v) is 7.35. The van der Waals surface area contributed by atoms with Crippen LogP contribution in [-0.2, 0) is 4.79 Å². The van der Waals surface area contributed by atoms with Crippen molar-refractivity contribution in [1.29, 1.82) is 0 Å². The van der Waals surface area contributed by atoms with Crippen molar-refractivity contribution < 1.29 is 4.79 Å². The number of hydrogen-bond donors (Lipinski definition) is 1. The van der Waals surface area contributed by atoms with Crippen molar-refractivity contribution in [3.8, 4) is 0 Å². The van der Waals surface area contributed by atoms with Gasteiger partial charge in [0, 0.05) is 31.1 Å². The van der Waals surface area contributed by atoms with Crippen LogP contribution < -0.4 is 5.32 Å². The molecule has 1 amide bonds. The number of carbonyl (C=O) groups excluding carboxylic acids is 1. The van der Waals surface area contributed by atoms with E-state index in [4.69, 9.17) is 0 Å². The smallest absolute Gasteiger partial charge is 0.225 e. The summed E-state index contributed by atoms with van der Waals surface area (Å²) >= 11 is 0. The van der Waals surface area contributed by atoms with Gasteiger partial charge < -0.3 is 15.1 Å². The molecule has 2 saturated heterocycles. The zero-order chi connectivity index (χ0) is 15.4. The predicted molar refractivity (Wildman–Crippen MR) is 87.3 cm³/mol. The maximum atomic E-state index is 12.0. The van der Waals surface area contributed by atoms with Gasteiger partial charge in [-0.2, -0.15) is 0 Å². The molecule has 0 aromatic heterocycles. The molecule has 1 atom stereocenters. The average Bonchev–Trinajstić information content (AvgIpc) is 2.47. The summed E-state index contributed by atoms with van der Waals surface area (Å²) in [7, 11) is 2.22. The minimum absolute atomic E-state index is 0.132. The summed E-state index contributed by atoms with van der Waals surface area (Å²) in [6.07, 6.45) is 4.84. The molecule has 2 aliphatic heterocycles. The Kier molecular flexibility index (Phi) is 6.06. The van der Waals surface area contributed by atoms with Gasteiger partial charge in [0.05, 0.1) is 0 Å². The number of carbonyl (C=O) groups is 1. The van der Waals surface area contributed by atoms with Crippen LogP contribution >= 0.6 is 0 Å². The Hall–Kier alpha value is -0.610. The number of rotatable bonds is 4. The number of likely N-dealkylation sites (tertiary alicyclic amines) is 2. The Labute approximate surface area is 130 Å². The van der Waals surface area contributed by atoms with Crippen LogP contribution in [0.4, 0.5) is 0 Å². The Balaban J connectivity index is 1.72. The lowest BCUT2D eigenvalue weighted by molar-refractivity contribution is -0.135. The van der Waals surface area contributed by atoms with Crippen LogP contribution in [0.1, 0.15) is 46.5 Å². The fourth-order valence-corrected chi connectivity index (χ4v) is 3.67. The normalized spacial score (nSPS) is 24.5. The van der Waals surface area contributed by atoms with E-state index in [1.165, 1.54) is 25.9 Å². The highest BCUT2D eigenvalue weighted by Gasteiger charge is 2.27. The van der Waals surface area contributed by atoms with Gasteiger partial charge in [0.15, 0.2) is 0 Å². The van der Waals surface area contributed by atoms with Crippen molar-refractivity contribution in [2.24, 2.45) is 11.8 Å². The number of piperidine rings is 2. The van der Waals surface area contributed by atoms with Crippen LogP contribution in [0.15, 0.2) is 0 Å². The lowest BCUT2D eigenvalue weighted by Gasteiger charge is -2.38. The van der Waals surface area contributed by atoms with Gasteiger partial charge in [0.1, 0.15) is 0 Å². The van der Waals surface area contributed by atoms with Crippen LogP contribution in [0, 0.1) is 11.8 Å². The standard InChI is InChI=1S/C17H33N3O/c1-13(2)17(21)20-11-7-16(8-12-20)18-14(3)15-5-9-19(4)10-6-15/h13-16,18H,5-12H2,1-4H3. The van der Waals surface area contributed by atoms with E-state index in [0.717, 1.165) is 31.8 Å². The topological polar surface area (TPSA) is 35.6 Å². The van der Waals surface area contributed by atoms with Gasteiger partial charge in [-0.1, -0.05) is 13.8 Å². The Morgan fingerprint density at radius 2 is 1.57 bits per heavy atom. The van der Waals surface area contributed by atoms with Gasteiger partial charge in [-0.05, 0) is 58.7 Å². The van der Waals surface area contributed by atoms with E-state index in [1.807, 2.05) is 18.7 Å². The molecule has 0 aromatic carbocycles. The van der Waals surface area contributed by atoms with E-state index in [2.05, 4.69) is 24.2 Å². The molecule has 2 heterocycles. The van der Waals surface area contributed by atoms with Crippen molar-refractivity contribution >= 4 is 5.91 Å². The second kappa shape index (κ2) is 7.59. The summed E-state index contributed by atoms with van der Waals surface area (Å²) < 4.78 is 0. The summed E-state index contributed by atoms with van der Waals surface area (Å²) in [5.74, 6) is 1.26. The maximum absolute atomic E-state index is 12.0. The third-order valence-corrected chi connectivity index (χ3v) is 5.27. The average molecular weight is 295 g/mol. The van der Waals surface area contributed by atoms with Gasteiger partial charge in [-0.3, -0.25) is 4.79 Å². The first-order valence-electron chi connectivity index (χ1n) is 8.70. The molecule has 0 radical (unpaired) electrons. The Morgan fingerprint density at radius 1 is 1.00 bits per heavy atom. The Morgan fingerprint density at radius 3 is 2.10 bits per heavy atom. The van der Waals surface area contributed by atoms with Crippen LogP contribution in [0.2, 0.25) is 0 Å². The summed E-state index contributed by atoms with van der Waals surface area (Å²) in [6, 6.07) is 1.20. The largest absolute Gasteiger partial charge is 0.342 e. The first kappa shape index (κ1) is 16.8. The molecule has 4 nitrogen and oxygen atoms in total. The third-order valence-electron chi connectivity index (χ3n) is 5.27. The predicted octanol–water partition coefficient (Wildman–Crippen LogP) is 1.95. The maximum Gasteiger partial charge on any atom is 0.225 e. The van der Waals surface area contributed by atoms with Crippen molar-refractivity contribution in [2.75, 3.05) is 33.2 Å². The van der Waals surface area contributed by atoms with Crippen molar-refractivity contribution in [3.05, 3.63) is 0 Å². The minimum Gasteiger partial charge on any atom is -0.342 e. The molecule has 0 spiro atoms. The molecule has 2 rings (SSSR count). The number of hydrogen-bond acceptors (Lipinski definition) is 3. The van der Waals surface area contributed by atoms with Gasteiger partial charge in [-0.25, -0.2) is 0 Å². The highest BCUT2D eigenvalue weighted by atomic mass is 16.2. The first-order chi connectivity index (χ1) is 9.97. The van der Waals surface area contributed by atoms with Crippen molar-refractivity contribution in [1.82, 2.24) is 15.1 Å². The molecule has 2 aliphatic rings. The Bertz CT molecular complexity index is 329. The molecule has 4 heteroatoms. The SMILES string of the molecule is CC(C)C(=O)N1CCC(NC(C)C2CCN(C)CC2)CC1. The molecule has 122 valence electrons. The molecular weight excluding hydrogens is 262 g/mol. The monoisotopic (exact) mass is 295 g/mol. The van der Waals surface area contributed by atoms with E-state index in [-0.39, 0.29) is 5.92 Å². The lowest BCUT2D eigenvalue weighted by atomic mass is 9.89. The molecule has 0 aromatic rings. The summed E-state index contributed by atoms with van der Waals surface area (Å²) in [4.78, 5) is 16.5. The highest BCUT2D eigenvalue weighted by molar-refractivity contribution is 5.78. The zero-order valence-electron chi connectivity index (χ0n) is 14.3. The van der Waals surface area contributed by atoms with Crippen LogP contribution in [0.3, 0.4) is 0 Å². The van der Waals surface area contributed by atoms with Gasteiger partial charge in [0.25, 0.3) is 0 Å². The van der Waals surface area contributed by atoms with E-state index in [1.54, 1.807) is 0 Å². The molecule has 1 N–H and O–H groups in total. The van der Waals surface area contributed by atoms with Crippen LogP contribution in [-0.4, -0.2) is 61.0 Å². The van der Waals surface area contributed by atoms with E-state index >= 15 is 0 Å². The summed E-state index contributed by atoms with van der Waals surface area (Å²) in [5, 5.41) is 3.84. The van der Waals surface area contributed by atoms with Crippen LogP contribution in [0.5, 0.6) is 0 Å². The number of nitrogens with one attached hydrogen (secondary N) is 1. The quantitative estimate of drug-likeness (QED) is 0.861. The fourth-order valence-electron chi connectivity index (χ4n) is 3.67. The van der Waals surface area contributed by atoms with E-state index in [0.29, 0.717) is 18.0 Å². The molecule has 0 saturated carbocycles. The molecular formula is C17H33N3O. The number of amides is 1. The minimum atomic E-state index is 0.132. The first-order valence-corrected chi connectivity index (χ1v) is 8.70. The molecule has 1 unspecified atom stereocenters. The third kappa shape index (κ3) is 4.68. The highest BCUT2D eigenvalue weighted by Crippen LogP contribution is 2.21. The molecule has 0 aliphatic carbocycles. The van der Waals surface area contributed by atoms with Crippen molar-refractivity contribution in [2.45, 2.75) is 58.5 Å². The van der Waals surface area contributed by atoms with E-state index < -0.39 is 0 Å².